The van der Waals surface area contributed by atoms with E-state index in [9.17, 15) is 14.4 Å². The summed E-state index contributed by atoms with van der Waals surface area (Å²) in [5.41, 5.74) is 0.795. The first-order chi connectivity index (χ1) is 13.6. The Bertz CT molecular complexity index is 1000. The molecule has 3 amide bonds. The normalized spacial score (nSPS) is 11.5. The minimum absolute atomic E-state index is 0.324. The van der Waals surface area contributed by atoms with Crippen molar-refractivity contribution in [2.45, 2.75) is 13.0 Å². The van der Waals surface area contributed by atoms with Gasteiger partial charge in [-0.05, 0) is 29.8 Å². The summed E-state index contributed by atoms with van der Waals surface area (Å²) >= 11 is 0. The molecule has 0 aliphatic heterocycles. The van der Waals surface area contributed by atoms with Crippen LogP contribution < -0.4 is 10.6 Å². The Balaban J connectivity index is 1.84. The minimum atomic E-state index is -1.25. The van der Waals surface area contributed by atoms with Crippen LogP contribution >= 0.6 is 0 Å². The molecule has 3 aromatic carbocycles. The molecule has 0 aliphatic rings. The van der Waals surface area contributed by atoms with E-state index in [1.807, 2.05) is 30.3 Å². The lowest BCUT2D eigenvalue weighted by atomic mass is 10.1. The van der Waals surface area contributed by atoms with Crippen LogP contribution in [0.3, 0.4) is 0 Å². The number of imide groups is 1. The third kappa shape index (κ3) is 4.54. The van der Waals surface area contributed by atoms with Crippen molar-refractivity contribution in [3.8, 4) is 0 Å². The summed E-state index contributed by atoms with van der Waals surface area (Å²) in [5.74, 6) is -1.36. The number of fused-ring (bicyclic) bond motifs is 1. The number of amides is 3. The van der Waals surface area contributed by atoms with Crippen molar-refractivity contribution in [1.82, 2.24) is 10.6 Å². The molecule has 0 unspecified atom stereocenters. The Morgan fingerprint density at radius 1 is 0.893 bits per heavy atom. The van der Waals surface area contributed by atoms with Gasteiger partial charge in [0.25, 0.3) is 5.91 Å². The van der Waals surface area contributed by atoms with Gasteiger partial charge in [-0.1, -0.05) is 60.7 Å². The number of hydrogen-bond acceptors (Lipinski definition) is 4. The molecular formula is C22H20N2O4. The molecule has 0 bridgehead atoms. The maximum Gasteiger partial charge on any atom is 0.339 e. The molecule has 0 spiro atoms. The molecule has 142 valence electrons. The van der Waals surface area contributed by atoms with Gasteiger partial charge in [-0.2, -0.15) is 0 Å². The second kappa shape index (κ2) is 8.81. The predicted molar refractivity (Wildman–Crippen MR) is 106 cm³/mol. The van der Waals surface area contributed by atoms with E-state index < -0.39 is 24.0 Å². The van der Waals surface area contributed by atoms with Gasteiger partial charge in [0.2, 0.25) is 6.10 Å². The zero-order valence-corrected chi connectivity index (χ0v) is 15.3. The Kier molecular flexibility index (Phi) is 6.01. The van der Waals surface area contributed by atoms with E-state index in [1.54, 1.807) is 49.4 Å². The molecule has 0 heterocycles. The quantitative estimate of drug-likeness (QED) is 0.667. The van der Waals surface area contributed by atoms with Crippen LogP contribution in [0.2, 0.25) is 0 Å². The number of rotatable bonds is 5. The fourth-order valence-electron chi connectivity index (χ4n) is 2.77. The molecule has 6 nitrogen and oxygen atoms in total. The lowest BCUT2D eigenvalue weighted by molar-refractivity contribution is -0.129. The van der Waals surface area contributed by atoms with Gasteiger partial charge in [0, 0.05) is 12.1 Å². The number of benzene rings is 3. The maximum atomic E-state index is 12.7. The summed E-state index contributed by atoms with van der Waals surface area (Å²) in [5, 5.41) is 6.56. The van der Waals surface area contributed by atoms with Gasteiger partial charge < -0.3 is 10.1 Å². The van der Waals surface area contributed by atoms with Crippen molar-refractivity contribution in [1.29, 1.82) is 0 Å². The second-order valence-corrected chi connectivity index (χ2v) is 6.11. The van der Waals surface area contributed by atoms with Crippen molar-refractivity contribution in [3.05, 3.63) is 83.9 Å². The predicted octanol–water partition coefficient (Wildman–Crippen LogP) is 3.58. The van der Waals surface area contributed by atoms with E-state index in [1.165, 1.54) is 0 Å². The number of carbonyl (C=O) groups is 3. The van der Waals surface area contributed by atoms with Crippen LogP contribution in [0.25, 0.3) is 10.8 Å². The molecule has 0 radical (unpaired) electrons. The van der Waals surface area contributed by atoms with Crippen LogP contribution in [0.4, 0.5) is 4.79 Å². The average Bonchev–Trinajstić information content (AvgIpc) is 2.72. The Morgan fingerprint density at radius 2 is 1.57 bits per heavy atom. The fourth-order valence-corrected chi connectivity index (χ4v) is 2.77. The van der Waals surface area contributed by atoms with Crippen molar-refractivity contribution in [2.75, 3.05) is 6.54 Å². The Labute approximate surface area is 162 Å². The average molecular weight is 376 g/mol. The molecule has 0 aromatic heterocycles. The minimum Gasteiger partial charge on any atom is -0.444 e. The molecule has 0 saturated heterocycles. The molecule has 6 heteroatoms. The van der Waals surface area contributed by atoms with Gasteiger partial charge in [0.15, 0.2) is 0 Å². The molecule has 3 aromatic rings. The molecule has 2 N–H and O–H groups in total. The standard InChI is InChI=1S/C22H20N2O4/c1-2-23-22(27)24-20(25)19(16-9-4-3-5-10-16)28-21(26)18-13-12-15-8-6-7-11-17(15)14-18/h3-14,19H,2H2,1H3,(H2,23,24,25,27)/t19-/m0/s1. The second-order valence-electron chi connectivity index (χ2n) is 6.11. The summed E-state index contributed by atoms with van der Waals surface area (Å²) in [6, 6.07) is 20.7. The van der Waals surface area contributed by atoms with Crippen molar-refractivity contribution < 1.29 is 19.1 Å². The zero-order valence-electron chi connectivity index (χ0n) is 15.3. The SMILES string of the molecule is CCNC(=O)NC(=O)[C@@H](OC(=O)c1ccc2ccccc2c1)c1ccccc1. The molecule has 1 atom stereocenters. The highest BCUT2D eigenvalue weighted by Crippen LogP contribution is 2.22. The Morgan fingerprint density at radius 3 is 2.29 bits per heavy atom. The number of carbonyl (C=O) groups excluding carboxylic acids is 3. The van der Waals surface area contributed by atoms with Gasteiger partial charge in [-0.3, -0.25) is 10.1 Å². The van der Waals surface area contributed by atoms with Crippen LogP contribution in [-0.4, -0.2) is 24.5 Å². The van der Waals surface area contributed by atoms with Gasteiger partial charge in [-0.15, -0.1) is 0 Å². The first-order valence-electron chi connectivity index (χ1n) is 8.92. The summed E-state index contributed by atoms with van der Waals surface area (Å²) in [6.45, 7) is 2.10. The number of esters is 1. The number of hydrogen-bond donors (Lipinski definition) is 2. The van der Waals surface area contributed by atoms with E-state index in [0.717, 1.165) is 10.8 Å². The summed E-state index contributed by atoms with van der Waals surface area (Å²) < 4.78 is 5.48. The third-order valence-electron chi connectivity index (χ3n) is 4.12. The van der Waals surface area contributed by atoms with Crippen molar-refractivity contribution >= 4 is 28.7 Å². The monoisotopic (exact) mass is 376 g/mol. The lowest BCUT2D eigenvalue weighted by Gasteiger charge is -2.18. The first kappa shape index (κ1) is 19.1. The topological polar surface area (TPSA) is 84.5 Å². The summed E-state index contributed by atoms with van der Waals surface area (Å²) in [7, 11) is 0. The van der Waals surface area contributed by atoms with Crippen LogP contribution in [-0.2, 0) is 9.53 Å². The molecule has 0 aliphatic carbocycles. The molecular weight excluding hydrogens is 356 g/mol. The van der Waals surface area contributed by atoms with Crippen LogP contribution in [0.15, 0.2) is 72.8 Å². The summed E-state index contributed by atoms with van der Waals surface area (Å²) in [6.07, 6.45) is -1.25. The lowest BCUT2D eigenvalue weighted by Crippen LogP contribution is -2.42. The Hall–Kier alpha value is -3.67. The van der Waals surface area contributed by atoms with Crippen molar-refractivity contribution in [2.24, 2.45) is 0 Å². The van der Waals surface area contributed by atoms with Gasteiger partial charge >= 0.3 is 12.0 Å². The van der Waals surface area contributed by atoms with E-state index in [4.69, 9.17) is 4.74 Å². The van der Waals surface area contributed by atoms with E-state index in [2.05, 4.69) is 10.6 Å². The zero-order chi connectivity index (χ0) is 19.9. The number of nitrogens with one attached hydrogen (secondary N) is 2. The van der Waals surface area contributed by atoms with Gasteiger partial charge in [0.1, 0.15) is 0 Å². The fraction of sp³-hybridized carbons (Fsp3) is 0.136. The van der Waals surface area contributed by atoms with Gasteiger partial charge in [-0.25, -0.2) is 9.59 Å². The van der Waals surface area contributed by atoms with Crippen LogP contribution in [0.1, 0.15) is 28.9 Å². The largest absolute Gasteiger partial charge is 0.444 e. The van der Waals surface area contributed by atoms with Crippen molar-refractivity contribution in [3.63, 3.8) is 0 Å². The molecule has 0 fully saturated rings. The van der Waals surface area contributed by atoms with Crippen LogP contribution in [0.5, 0.6) is 0 Å². The molecule has 3 rings (SSSR count). The highest BCUT2D eigenvalue weighted by atomic mass is 16.5. The number of urea groups is 1. The van der Waals surface area contributed by atoms with E-state index in [-0.39, 0.29) is 0 Å². The smallest absolute Gasteiger partial charge is 0.339 e. The van der Waals surface area contributed by atoms with E-state index >= 15 is 0 Å². The molecule has 28 heavy (non-hydrogen) atoms. The first-order valence-corrected chi connectivity index (χ1v) is 8.92. The third-order valence-corrected chi connectivity index (χ3v) is 4.12. The molecule has 0 saturated carbocycles. The maximum absolute atomic E-state index is 12.7. The summed E-state index contributed by atoms with van der Waals surface area (Å²) in [4.78, 5) is 37.0. The highest BCUT2D eigenvalue weighted by molar-refractivity contribution is 6.00. The highest BCUT2D eigenvalue weighted by Gasteiger charge is 2.27. The van der Waals surface area contributed by atoms with E-state index in [0.29, 0.717) is 17.7 Å². The van der Waals surface area contributed by atoms with Gasteiger partial charge in [0.05, 0.1) is 5.56 Å². The number of ether oxygens (including phenoxy) is 1. The van der Waals surface area contributed by atoms with Crippen LogP contribution in [0, 0.1) is 0 Å².